The molecule has 1 saturated heterocycles. The van der Waals surface area contributed by atoms with Crippen molar-refractivity contribution in [1.29, 1.82) is 0 Å². The molecular formula is C23H26N4O2. The number of aromatic hydroxyl groups is 1. The van der Waals surface area contributed by atoms with E-state index < -0.39 is 0 Å². The van der Waals surface area contributed by atoms with E-state index in [4.69, 9.17) is 4.98 Å². The minimum Gasteiger partial charge on any atom is -0.508 e. The molecule has 2 fully saturated rings. The highest BCUT2D eigenvalue weighted by Gasteiger charge is 2.31. The second-order valence-corrected chi connectivity index (χ2v) is 8.43. The largest absolute Gasteiger partial charge is 0.508 e. The maximum atomic E-state index is 13.5. The van der Waals surface area contributed by atoms with E-state index in [2.05, 4.69) is 5.10 Å². The SMILES string of the molecule is Cc1nn(C)c2nc(C3CC3)cc(C(=O)N3CCC(c4ccc(O)cc4)CC3)c12. The fourth-order valence-electron chi connectivity index (χ4n) is 4.55. The average molecular weight is 390 g/mol. The van der Waals surface area contributed by atoms with Crippen LogP contribution in [0.3, 0.4) is 0 Å². The monoisotopic (exact) mass is 390 g/mol. The van der Waals surface area contributed by atoms with Crippen LogP contribution < -0.4 is 0 Å². The Labute approximate surface area is 170 Å². The lowest BCUT2D eigenvalue weighted by atomic mass is 9.89. The van der Waals surface area contributed by atoms with Crippen LogP contribution in [-0.4, -0.2) is 43.8 Å². The van der Waals surface area contributed by atoms with Crippen LogP contribution in [-0.2, 0) is 7.05 Å². The number of carbonyl (C=O) groups excluding carboxylic acids is 1. The van der Waals surface area contributed by atoms with Crippen molar-refractivity contribution in [2.45, 2.75) is 44.4 Å². The van der Waals surface area contributed by atoms with E-state index in [0.29, 0.717) is 17.6 Å². The molecule has 2 aromatic heterocycles. The van der Waals surface area contributed by atoms with Gasteiger partial charge in [0, 0.05) is 31.7 Å². The number of hydrogen-bond acceptors (Lipinski definition) is 4. The molecule has 150 valence electrons. The smallest absolute Gasteiger partial charge is 0.254 e. The molecule has 1 aromatic carbocycles. The normalized spacial score (nSPS) is 17.8. The van der Waals surface area contributed by atoms with Gasteiger partial charge in [-0.2, -0.15) is 5.10 Å². The van der Waals surface area contributed by atoms with Crippen LogP contribution in [0.15, 0.2) is 30.3 Å². The molecule has 2 aliphatic rings. The molecule has 1 aliphatic heterocycles. The number of likely N-dealkylation sites (tertiary alicyclic amines) is 1. The molecule has 6 heteroatoms. The predicted octanol–water partition coefficient (Wildman–Crippen LogP) is 3.88. The zero-order chi connectivity index (χ0) is 20.1. The van der Waals surface area contributed by atoms with Crippen LogP contribution in [0.5, 0.6) is 5.75 Å². The molecule has 1 saturated carbocycles. The van der Waals surface area contributed by atoms with E-state index in [-0.39, 0.29) is 5.91 Å². The van der Waals surface area contributed by atoms with Gasteiger partial charge >= 0.3 is 0 Å². The van der Waals surface area contributed by atoms with Crippen LogP contribution >= 0.6 is 0 Å². The Kier molecular flexibility index (Phi) is 4.30. The molecule has 0 atom stereocenters. The quantitative estimate of drug-likeness (QED) is 0.737. The average Bonchev–Trinajstić information content (AvgIpc) is 3.54. The van der Waals surface area contributed by atoms with Gasteiger partial charge in [-0.25, -0.2) is 4.98 Å². The summed E-state index contributed by atoms with van der Waals surface area (Å²) in [5.74, 6) is 1.31. The zero-order valence-electron chi connectivity index (χ0n) is 16.9. The Bertz CT molecular complexity index is 1070. The Balaban J connectivity index is 1.41. The molecule has 1 N–H and O–H groups in total. The van der Waals surface area contributed by atoms with Crippen LogP contribution in [0, 0.1) is 6.92 Å². The van der Waals surface area contributed by atoms with E-state index in [1.54, 1.807) is 16.8 Å². The molecule has 0 bridgehead atoms. The van der Waals surface area contributed by atoms with Crippen LogP contribution in [0.4, 0.5) is 0 Å². The van der Waals surface area contributed by atoms with Crippen molar-refractivity contribution in [2.24, 2.45) is 7.05 Å². The standard InChI is InChI=1S/C23H26N4O2/c1-14-21-19(13-20(17-3-4-17)24-22(21)26(2)25-14)23(29)27-11-9-16(10-12-27)15-5-7-18(28)8-6-15/h5-8,13,16-17,28H,3-4,9-12H2,1-2H3. The number of benzene rings is 1. The van der Waals surface area contributed by atoms with E-state index in [1.807, 2.05) is 37.1 Å². The van der Waals surface area contributed by atoms with E-state index >= 15 is 0 Å². The van der Waals surface area contributed by atoms with Gasteiger partial charge in [0.1, 0.15) is 5.75 Å². The highest BCUT2D eigenvalue weighted by atomic mass is 16.3. The topological polar surface area (TPSA) is 71.2 Å². The van der Waals surface area contributed by atoms with Gasteiger partial charge in [0.05, 0.1) is 16.6 Å². The number of piperidine rings is 1. The first kappa shape index (κ1) is 18.2. The minimum absolute atomic E-state index is 0.0968. The van der Waals surface area contributed by atoms with Crippen molar-refractivity contribution in [3.05, 3.63) is 52.8 Å². The molecule has 0 radical (unpaired) electrons. The van der Waals surface area contributed by atoms with E-state index in [9.17, 15) is 9.90 Å². The lowest BCUT2D eigenvalue weighted by Gasteiger charge is -2.32. The second-order valence-electron chi connectivity index (χ2n) is 8.43. The third-order valence-corrected chi connectivity index (χ3v) is 6.36. The fraction of sp³-hybridized carbons (Fsp3) is 0.435. The van der Waals surface area contributed by atoms with Gasteiger partial charge in [0.25, 0.3) is 5.91 Å². The summed E-state index contributed by atoms with van der Waals surface area (Å²) in [6, 6.07) is 9.48. The first-order valence-electron chi connectivity index (χ1n) is 10.4. The van der Waals surface area contributed by atoms with Gasteiger partial charge in [0.15, 0.2) is 5.65 Å². The summed E-state index contributed by atoms with van der Waals surface area (Å²) in [4.78, 5) is 20.3. The van der Waals surface area contributed by atoms with Gasteiger partial charge in [-0.3, -0.25) is 9.48 Å². The zero-order valence-corrected chi connectivity index (χ0v) is 16.9. The molecule has 1 aliphatic carbocycles. The Morgan fingerprint density at radius 3 is 2.41 bits per heavy atom. The number of phenols is 1. The number of fused-ring (bicyclic) bond motifs is 1. The molecular weight excluding hydrogens is 364 g/mol. The van der Waals surface area contributed by atoms with Gasteiger partial charge < -0.3 is 10.0 Å². The molecule has 3 aromatic rings. The molecule has 6 nitrogen and oxygen atoms in total. The summed E-state index contributed by atoms with van der Waals surface area (Å²) >= 11 is 0. The highest BCUT2D eigenvalue weighted by Crippen LogP contribution is 2.41. The van der Waals surface area contributed by atoms with Crippen molar-refractivity contribution >= 4 is 16.9 Å². The molecule has 3 heterocycles. The van der Waals surface area contributed by atoms with Crippen LogP contribution in [0.2, 0.25) is 0 Å². The molecule has 1 amide bonds. The summed E-state index contributed by atoms with van der Waals surface area (Å²) < 4.78 is 1.80. The predicted molar refractivity (Wildman–Crippen MR) is 111 cm³/mol. The molecule has 5 rings (SSSR count). The number of carbonyl (C=O) groups is 1. The maximum Gasteiger partial charge on any atom is 0.254 e. The first-order chi connectivity index (χ1) is 14.0. The van der Waals surface area contributed by atoms with Crippen molar-refractivity contribution < 1.29 is 9.90 Å². The van der Waals surface area contributed by atoms with E-state index in [1.165, 1.54) is 5.56 Å². The van der Waals surface area contributed by atoms with E-state index in [0.717, 1.165) is 66.8 Å². The van der Waals surface area contributed by atoms with Crippen LogP contribution in [0.1, 0.15) is 64.8 Å². The third-order valence-electron chi connectivity index (χ3n) is 6.36. The highest BCUT2D eigenvalue weighted by molar-refractivity contribution is 6.06. The maximum absolute atomic E-state index is 13.5. The molecule has 29 heavy (non-hydrogen) atoms. The number of aryl methyl sites for hydroxylation is 2. The number of amides is 1. The lowest BCUT2D eigenvalue weighted by molar-refractivity contribution is 0.0714. The van der Waals surface area contributed by atoms with Gasteiger partial charge in [-0.15, -0.1) is 0 Å². The molecule has 0 spiro atoms. The lowest BCUT2D eigenvalue weighted by Crippen LogP contribution is -2.38. The first-order valence-corrected chi connectivity index (χ1v) is 10.4. The Morgan fingerprint density at radius 1 is 1.07 bits per heavy atom. The second kappa shape index (κ2) is 6.87. The number of hydrogen-bond donors (Lipinski definition) is 1. The fourth-order valence-corrected chi connectivity index (χ4v) is 4.55. The summed E-state index contributed by atoms with van der Waals surface area (Å²) in [5.41, 5.74) is 4.70. The number of pyridine rings is 1. The van der Waals surface area contributed by atoms with Crippen molar-refractivity contribution in [1.82, 2.24) is 19.7 Å². The Hall–Kier alpha value is -2.89. The number of rotatable bonds is 3. The summed E-state index contributed by atoms with van der Waals surface area (Å²) in [7, 11) is 1.90. The van der Waals surface area contributed by atoms with Gasteiger partial charge in [-0.1, -0.05) is 12.1 Å². The number of nitrogens with zero attached hydrogens (tertiary/aromatic N) is 4. The number of phenolic OH excluding ortho intramolecular Hbond substituents is 1. The summed E-state index contributed by atoms with van der Waals surface area (Å²) in [6.45, 7) is 3.44. The molecule has 0 unspecified atom stereocenters. The third kappa shape index (κ3) is 3.26. The van der Waals surface area contributed by atoms with Gasteiger partial charge in [-0.05, 0) is 62.3 Å². The Morgan fingerprint density at radius 2 is 1.76 bits per heavy atom. The van der Waals surface area contributed by atoms with Crippen molar-refractivity contribution in [3.8, 4) is 5.75 Å². The van der Waals surface area contributed by atoms with Crippen LogP contribution in [0.25, 0.3) is 11.0 Å². The van der Waals surface area contributed by atoms with Crippen molar-refractivity contribution in [2.75, 3.05) is 13.1 Å². The number of aromatic nitrogens is 3. The summed E-state index contributed by atoms with van der Waals surface area (Å²) in [5, 5.41) is 14.9. The van der Waals surface area contributed by atoms with Gasteiger partial charge in [0.2, 0.25) is 0 Å². The van der Waals surface area contributed by atoms with Crippen molar-refractivity contribution in [3.63, 3.8) is 0 Å². The minimum atomic E-state index is 0.0968. The summed E-state index contributed by atoms with van der Waals surface area (Å²) in [6.07, 6.45) is 4.18.